The van der Waals surface area contributed by atoms with Crippen LogP contribution in [0.15, 0.2) is 0 Å². The maximum absolute atomic E-state index is 12.1. The minimum absolute atomic E-state index is 0.109. The zero-order valence-electron chi connectivity index (χ0n) is 10.1. The predicted octanol–water partition coefficient (Wildman–Crippen LogP) is 0.785. The largest absolute Gasteiger partial charge is 0.392 e. The minimum Gasteiger partial charge on any atom is -0.392 e. The van der Waals surface area contributed by atoms with Crippen molar-refractivity contribution in [3.05, 3.63) is 0 Å². The quantitative estimate of drug-likeness (QED) is 0.720. The fourth-order valence-electron chi connectivity index (χ4n) is 2.51. The smallest absolute Gasteiger partial charge is 0.251 e. The standard InChI is InChI=1S/C12H21NO3/c1-12(2)8-13(6-5-10(12)14)11(15)9-4-3-7-16-9/h9-10,14H,3-8H2,1-2H3. The normalized spacial score (nSPS) is 34.1. The summed E-state index contributed by atoms with van der Waals surface area (Å²) < 4.78 is 5.41. The highest BCUT2D eigenvalue weighted by Gasteiger charge is 2.38. The van der Waals surface area contributed by atoms with Gasteiger partial charge in [0.2, 0.25) is 0 Å². The molecule has 2 rings (SSSR count). The van der Waals surface area contributed by atoms with Gasteiger partial charge in [0.05, 0.1) is 6.10 Å². The van der Waals surface area contributed by atoms with E-state index in [0.29, 0.717) is 26.1 Å². The highest BCUT2D eigenvalue weighted by Crippen LogP contribution is 2.30. The summed E-state index contributed by atoms with van der Waals surface area (Å²) in [7, 11) is 0. The Labute approximate surface area is 96.6 Å². The minimum atomic E-state index is -0.305. The van der Waals surface area contributed by atoms with Gasteiger partial charge in [-0.3, -0.25) is 4.79 Å². The first-order valence-electron chi connectivity index (χ1n) is 6.09. The molecular weight excluding hydrogens is 206 g/mol. The van der Waals surface area contributed by atoms with Crippen molar-refractivity contribution in [1.82, 2.24) is 4.90 Å². The first-order chi connectivity index (χ1) is 7.50. The number of carbonyl (C=O) groups excluding carboxylic acids is 1. The summed E-state index contributed by atoms with van der Waals surface area (Å²) in [6.07, 6.45) is 1.96. The number of amides is 1. The Hall–Kier alpha value is -0.610. The van der Waals surface area contributed by atoms with Crippen LogP contribution in [0.4, 0.5) is 0 Å². The molecule has 0 saturated carbocycles. The number of nitrogens with zero attached hydrogens (tertiary/aromatic N) is 1. The average molecular weight is 227 g/mol. The van der Waals surface area contributed by atoms with Crippen LogP contribution in [-0.4, -0.2) is 47.8 Å². The van der Waals surface area contributed by atoms with Crippen LogP contribution < -0.4 is 0 Å². The average Bonchev–Trinajstić information content (AvgIpc) is 2.74. The van der Waals surface area contributed by atoms with Crippen LogP contribution in [0.25, 0.3) is 0 Å². The third-order valence-corrected chi connectivity index (χ3v) is 3.69. The molecule has 2 atom stereocenters. The fourth-order valence-corrected chi connectivity index (χ4v) is 2.51. The number of likely N-dealkylation sites (tertiary alicyclic amines) is 1. The molecular formula is C12H21NO3. The first-order valence-corrected chi connectivity index (χ1v) is 6.09. The number of hydrogen-bond donors (Lipinski definition) is 1. The molecule has 0 spiro atoms. The van der Waals surface area contributed by atoms with Gasteiger partial charge in [-0.15, -0.1) is 0 Å². The van der Waals surface area contributed by atoms with Gasteiger partial charge < -0.3 is 14.7 Å². The molecule has 16 heavy (non-hydrogen) atoms. The number of rotatable bonds is 1. The molecule has 2 saturated heterocycles. The summed E-state index contributed by atoms with van der Waals surface area (Å²) in [5.41, 5.74) is -0.202. The molecule has 2 aliphatic heterocycles. The summed E-state index contributed by atoms with van der Waals surface area (Å²) in [6, 6.07) is 0. The molecule has 0 aromatic carbocycles. The van der Waals surface area contributed by atoms with Crippen LogP contribution in [-0.2, 0) is 9.53 Å². The predicted molar refractivity (Wildman–Crippen MR) is 60.0 cm³/mol. The lowest BCUT2D eigenvalue weighted by Crippen LogP contribution is -2.53. The number of ether oxygens (including phenoxy) is 1. The van der Waals surface area contributed by atoms with Gasteiger partial charge in [0.1, 0.15) is 6.10 Å². The highest BCUT2D eigenvalue weighted by atomic mass is 16.5. The van der Waals surface area contributed by atoms with Crippen molar-refractivity contribution in [3.8, 4) is 0 Å². The second-order valence-electron chi connectivity index (χ2n) is 5.55. The molecule has 2 aliphatic rings. The van der Waals surface area contributed by atoms with Crippen LogP contribution in [0.1, 0.15) is 33.1 Å². The van der Waals surface area contributed by atoms with Crippen molar-refractivity contribution in [2.45, 2.75) is 45.3 Å². The third-order valence-electron chi connectivity index (χ3n) is 3.69. The van der Waals surface area contributed by atoms with Gasteiger partial charge in [-0.2, -0.15) is 0 Å². The van der Waals surface area contributed by atoms with E-state index < -0.39 is 0 Å². The number of hydrogen-bond acceptors (Lipinski definition) is 3. The lowest BCUT2D eigenvalue weighted by atomic mass is 9.81. The van der Waals surface area contributed by atoms with Gasteiger partial charge in [0.25, 0.3) is 5.91 Å². The zero-order chi connectivity index (χ0) is 11.8. The number of aliphatic hydroxyl groups is 1. The van der Waals surface area contributed by atoms with E-state index in [2.05, 4.69) is 0 Å². The van der Waals surface area contributed by atoms with Crippen LogP contribution in [0.3, 0.4) is 0 Å². The molecule has 0 aromatic rings. The van der Waals surface area contributed by atoms with Gasteiger partial charge in [0.15, 0.2) is 0 Å². The molecule has 2 unspecified atom stereocenters. The second kappa shape index (κ2) is 4.34. The second-order valence-corrected chi connectivity index (χ2v) is 5.55. The van der Waals surface area contributed by atoms with Gasteiger partial charge >= 0.3 is 0 Å². The Bertz CT molecular complexity index is 271. The molecule has 1 N–H and O–H groups in total. The zero-order valence-corrected chi connectivity index (χ0v) is 10.1. The Morgan fingerprint density at radius 1 is 1.44 bits per heavy atom. The fraction of sp³-hybridized carbons (Fsp3) is 0.917. The monoisotopic (exact) mass is 227 g/mol. The SMILES string of the molecule is CC1(C)CN(C(=O)C2CCCO2)CCC1O. The summed E-state index contributed by atoms with van der Waals surface area (Å²) in [5.74, 6) is 0.109. The molecule has 2 fully saturated rings. The van der Waals surface area contributed by atoms with Crippen molar-refractivity contribution in [3.63, 3.8) is 0 Å². The Balaban J connectivity index is 1.97. The molecule has 2 heterocycles. The summed E-state index contributed by atoms with van der Waals surface area (Å²) >= 11 is 0. The maximum Gasteiger partial charge on any atom is 0.251 e. The molecule has 0 radical (unpaired) electrons. The highest BCUT2D eigenvalue weighted by molar-refractivity contribution is 5.81. The molecule has 0 aliphatic carbocycles. The summed E-state index contributed by atoms with van der Waals surface area (Å²) in [6.45, 7) is 6.01. The van der Waals surface area contributed by atoms with Crippen molar-refractivity contribution in [1.29, 1.82) is 0 Å². The van der Waals surface area contributed by atoms with E-state index in [4.69, 9.17) is 4.74 Å². The van der Waals surface area contributed by atoms with Crippen molar-refractivity contribution in [2.75, 3.05) is 19.7 Å². The summed E-state index contributed by atoms with van der Waals surface area (Å²) in [4.78, 5) is 14.0. The molecule has 92 valence electrons. The van der Waals surface area contributed by atoms with E-state index in [1.807, 2.05) is 18.7 Å². The van der Waals surface area contributed by atoms with Gasteiger partial charge in [-0.1, -0.05) is 13.8 Å². The third kappa shape index (κ3) is 2.23. The maximum atomic E-state index is 12.1. The van der Waals surface area contributed by atoms with E-state index in [1.165, 1.54) is 0 Å². The van der Waals surface area contributed by atoms with E-state index >= 15 is 0 Å². The number of aliphatic hydroxyl groups excluding tert-OH is 1. The molecule has 0 aromatic heterocycles. The van der Waals surface area contributed by atoms with Crippen molar-refractivity contribution < 1.29 is 14.6 Å². The van der Waals surface area contributed by atoms with Crippen molar-refractivity contribution >= 4 is 5.91 Å². The molecule has 0 bridgehead atoms. The number of piperidine rings is 1. The van der Waals surface area contributed by atoms with E-state index in [0.717, 1.165) is 12.8 Å². The van der Waals surface area contributed by atoms with Crippen LogP contribution in [0, 0.1) is 5.41 Å². The van der Waals surface area contributed by atoms with Crippen LogP contribution >= 0.6 is 0 Å². The van der Waals surface area contributed by atoms with Gasteiger partial charge in [-0.25, -0.2) is 0 Å². The molecule has 4 heteroatoms. The summed E-state index contributed by atoms with van der Waals surface area (Å²) in [5, 5.41) is 9.83. The Morgan fingerprint density at radius 3 is 2.75 bits per heavy atom. The Morgan fingerprint density at radius 2 is 2.19 bits per heavy atom. The molecule has 4 nitrogen and oxygen atoms in total. The topological polar surface area (TPSA) is 49.8 Å². The lowest BCUT2D eigenvalue weighted by Gasteiger charge is -2.42. The first kappa shape index (κ1) is 11.9. The van der Waals surface area contributed by atoms with Crippen LogP contribution in [0.2, 0.25) is 0 Å². The lowest BCUT2D eigenvalue weighted by molar-refractivity contribution is -0.147. The molecule has 1 amide bonds. The number of carbonyl (C=O) groups is 1. The van der Waals surface area contributed by atoms with Crippen molar-refractivity contribution in [2.24, 2.45) is 5.41 Å². The van der Waals surface area contributed by atoms with Gasteiger partial charge in [-0.05, 0) is 19.3 Å². The Kier molecular flexibility index (Phi) is 3.22. The van der Waals surface area contributed by atoms with E-state index in [-0.39, 0.29) is 23.5 Å². The van der Waals surface area contributed by atoms with E-state index in [9.17, 15) is 9.90 Å². The van der Waals surface area contributed by atoms with Crippen LogP contribution in [0.5, 0.6) is 0 Å². The van der Waals surface area contributed by atoms with Gasteiger partial charge in [0, 0.05) is 25.1 Å². The van der Waals surface area contributed by atoms with E-state index in [1.54, 1.807) is 0 Å².